The standard InChI is InChI=1S/C21H20O.H2S2/c1-16(17-9-4-2-5-10-17)21(18-11-6-3-7-12-18)19-13-8-14-20(22)15-19;1-2/h2-16,21-22H,1H3;1-2H. The van der Waals surface area contributed by atoms with Crippen LogP contribution in [0.1, 0.15) is 35.4 Å². The Kier molecular flexibility index (Phi) is 7.29. The van der Waals surface area contributed by atoms with Crippen LogP contribution in [-0.4, -0.2) is 5.11 Å². The van der Waals surface area contributed by atoms with Crippen LogP contribution >= 0.6 is 23.3 Å². The van der Waals surface area contributed by atoms with Gasteiger partial charge in [0.25, 0.3) is 0 Å². The Bertz CT molecular complexity index is 729. The number of aromatic hydroxyl groups is 1. The van der Waals surface area contributed by atoms with Crippen molar-refractivity contribution in [3.63, 3.8) is 0 Å². The van der Waals surface area contributed by atoms with Crippen LogP contribution in [0.5, 0.6) is 5.75 Å². The molecule has 0 heterocycles. The van der Waals surface area contributed by atoms with E-state index in [2.05, 4.69) is 84.8 Å². The molecule has 0 radical (unpaired) electrons. The number of phenolic OH excluding ortho intramolecular Hbond substituents is 1. The largest absolute Gasteiger partial charge is 0.508 e. The van der Waals surface area contributed by atoms with Crippen molar-refractivity contribution < 1.29 is 5.11 Å². The maximum atomic E-state index is 9.86. The lowest BCUT2D eigenvalue weighted by Crippen LogP contribution is -2.10. The molecule has 0 fully saturated rings. The number of rotatable bonds is 4. The van der Waals surface area contributed by atoms with Gasteiger partial charge < -0.3 is 5.11 Å². The third kappa shape index (κ3) is 4.59. The fourth-order valence-corrected chi connectivity index (χ4v) is 3.10. The van der Waals surface area contributed by atoms with Crippen LogP contribution in [0.25, 0.3) is 0 Å². The fraction of sp³-hybridized carbons (Fsp3) is 0.143. The van der Waals surface area contributed by atoms with Crippen molar-refractivity contribution in [2.24, 2.45) is 0 Å². The third-order valence-electron chi connectivity index (χ3n) is 4.21. The van der Waals surface area contributed by atoms with E-state index < -0.39 is 0 Å². The van der Waals surface area contributed by atoms with E-state index in [0.717, 1.165) is 5.56 Å². The molecule has 3 rings (SSSR count). The second-order valence-corrected chi connectivity index (χ2v) is 5.68. The van der Waals surface area contributed by atoms with Crippen molar-refractivity contribution >= 4 is 23.3 Å². The Hall–Kier alpha value is -1.84. The van der Waals surface area contributed by atoms with E-state index in [1.54, 1.807) is 6.07 Å². The van der Waals surface area contributed by atoms with Crippen LogP contribution in [0.4, 0.5) is 0 Å². The normalized spacial score (nSPS) is 12.6. The molecule has 0 bridgehead atoms. The highest BCUT2D eigenvalue weighted by atomic mass is 33.1. The zero-order valence-electron chi connectivity index (χ0n) is 13.6. The summed E-state index contributed by atoms with van der Waals surface area (Å²) in [5.41, 5.74) is 3.71. The molecule has 0 aromatic heterocycles. The zero-order chi connectivity index (χ0) is 17.4. The van der Waals surface area contributed by atoms with Crippen molar-refractivity contribution in [2.75, 3.05) is 0 Å². The minimum absolute atomic E-state index is 0.218. The molecule has 1 N–H and O–H groups in total. The van der Waals surface area contributed by atoms with Gasteiger partial charge in [0.05, 0.1) is 0 Å². The lowest BCUT2D eigenvalue weighted by atomic mass is 9.78. The molecule has 3 aromatic carbocycles. The first-order chi connectivity index (χ1) is 11.8. The molecular formula is C21H22OS2. The predicted molar refractivity (Wildman–Crippen MR) is 109 cm³/mol. The summed E-state index contributed by atoms with van der Waals surface area (Å²) in [7, 11) is 0. The number of thiol groups is 2. The third-order valence-corrected chi connectivity index (χ3v) is 4.21. The van der Waals surface area contributed by atoms with Gasteiger partial charge in [-0.3, -0.25) is 0 Å². The number of phenols is 1. The quantitative estimate of drug-likeness (QED) is 0.382. The van der Waals surface area contributed by atoms with E-state index in [0.29, 0.717) is 11.7 Å². The minimum Gasteiger partial charge on any atom is -0.508 e. The molecule has 0 aliphatic heterocycles. The van der Waals surface area contributed by atoms with Crippen molar-refractivity contribution in [1.82, 2.24) is 0 Å². The summed E-state index contributed by atoms with van der Waals surface area (Å²) in [6.07, 6.45) is 0. The Morgan fingerprint density at radius 3 is 1.71 bits per heavy atom. The second kappa shape index (κ2) is 9.45. The molecule has 3 heteroatoms. The van der Waals surface area contributed by atoms with Crippen molar-refractivity contribution in [3.8, 4) is 5.75 Å². The average Bonchev–Trinajstić information content (AvgIpc) is 2.65. The first-order valence-corrected chi connectivity index (χ1v) is 9.44. The molecule has 2 atom stereocenters. The molecule has 0 aliphatic rings. The van der Waals surface area contributed by atoms with Gasteiger partial charge in [-0.2, -0.15) is 0 Å². The maximum Gasteiger partial charge on any atom is 0.115 e. The SMILES string of the molecule is CC(c1ccccc1)C(c1ccccc1)c1cccc(O)c1.SS. The Labute approximate surface area is 154 Å². The second-order valence-electron chi connectivity index (χ2n) is 5.68. The molecule has 0 saturated carbocycles. The molecule has 24 heavy (non-hydrogen) atoms. The zero-order valence-corrected chi connectivity index (χ0v) is 15.4. The van der Waals surface area contributed by atoms with E-state index in [1.165, 1.54) is 11.1 Å². The lowest BCUT2D eigenvalue weighted by molar-refractivity contribution is 0.473. The van der Waals surface area contributed by atoms with Crippen LogP contribution in [0, 0.1) is 0 Å². The Balaban J connectivity index is 0.00000100. The van der Waals surface area contributed by atoms with Gasteiger partial charge in [0.1, 0.15) is 5.75 Å². The van der Waals surface area contributed by atoms with Crippen LogP contribution in [0.3, 0.4) is 0 Å². The summed E-state index contributed by atoms with van der Waals surface area (Å²) in [6.45, 7) is 2.25. The van der Waals surface area contributed by atoms with E-state index in [1.807, 2.05) is 24.3 Å². The molecule has 0 saturated heterocycles. The van der Waals surface area contributed by atoms with Gasteiger partial charge in [-0.05, 0) is 34.7 Å². The van der Waals surface area contributed by atoms with E-state index >= 15 is 0 Å². The molecular weight excluding hydrogens is 332 g/mol. The molecule has 0 aliphatic carbocycles. The summed E-state index contributed by atoms with van der Waals surface area (Å²) in [4.78, 5) is 0. The summed E-state index contributed by atoms with van der Waals surface area (Å²) in [6, 6.07) is 28.6. The maximum absolute atomic E-state index is 9.86. The first kappa shape index (κ1) is 18.5. The van der Waals surface area contributed by atoms with Gasteiger partial charge in [-0.25, -0.2) is 0 Å². The van der Waals surface area contributed by atoms with Crippen LogP contribution < -0.4 is 0 Å². The van der Waals surface area contributed by atoms with Crippen molar-refractivity contribution in [1.29, 1.82) is 0 Å². The van der Waals surface area contributed by atoms with E-state index in [-0.39, 0.29) is 5.92 Å². The Morgan fingerprint density at radius 2 is 1.17 bits per heavy atom. The molecule has 0 amide bonds. The van der Waals surface area contributed by atoms with Crippen LogP contribution in [-0.2, 0) is 0 Å². The van der Waals surface area contributed by atoms with Crippen molar-refractivity contribution in [2.45, 2.75) is 18.8 Å². The average molecular weight is 355 g/mol. The van der Waals surface area contributed by atoms with Gasteiger partial charge in [0, 0.05) is 5.92 Å². The molecule has 3 aromatic rings. The highest BCUT2D eigenvalue weighted by Crippen LogP contribution is 2.38. The van der Waals surface area contributed by atoms with Gasteiger partial charge in [-0.1, -0.05) is 79.7 Å². The number of hydrogen-bond acceptors (Lipinski definition) is 3. The summed E-state index contributed by atoms with van der Waals surface area (Å²) >= 11 is 6.44. The smallest absolute Gasteiger partial charge is 0.115 e. The summed E-state index contributed by atoms with van der Waals surface area (Å²) < 4.78 is 0. The Morgan fingerprint density at radius 1 is 0.667 bits per heavy atom. The highest BCUT2D eigenvalue weighted by molar-refractivity contribution is 8.59. The first-order valence-electron chi connectivity index (χ1n) is 7.84. The predicted octanol–water partition coefficient (Wildman–Crippen LogP) is 6.09. The summed E-state index contributed by atoms with van der Waals surface area (Å²) in [5, 5.41) is 9.86. The molecule has 124 valence electrons. The van der Waals surface area contributed by atoms with Gasteiger partial charge in [0.2, 0.25) is 0 Å². The monoisotopic (exact) mass is 354 g/mol. The fourth-order valence-electron chi connectivity index (χ4n) is 3.10. The highest BCUT2D eigenvalue weighted by Gasteiger charge is 2.22. The number of hydrogen-bond donors (Lipinski definition) is 3. The molecule has 0 spiro atoms. The van der Waals surface area contributed by atoms with E-state index in [9.17, 15) is 5.11 Å². The van der Waals surface area contributed by atoms with Gasteiger partial charge >= 0.3 is 0 Å². The van der Waals surface area contributed by atoms with Gasteiger partial charge in [0.15, 0.2) is 0 Å². The lowest BCUT2D eigenvalue weighted by Gasteiger charge is -2.25. The van der Waals surface area contributed by atoms with Gasteiger partial charge in [-0.15, -0.1) is 23.3 Å². The van der Waals surface area contributed by atoms with Crippen LogP contribution in [0.2, 0.25) is 0 Å². The van der Waals surface area contributed by atoms with Crippen LogP contribution in [0.15, 0.2) is 84.9 Å². The van der Waals surface area contributed by atoms with E-state index in [4.69, 9.17) is 0 Å². The van der Waals surface area contributed by atoms with Crippen molar-refractivity contribution in [3.05, 3.63) is 102 Å². The topological polar surface area (TPSA) is 20.2 Å². The molecule has 1 nitrogen and oxygen atoms in total. The summed E-state index contributed by atoms with van der Waals surface area (Å²) in [5.74, 6) is 0.861. The minimum atomic E-state index is 0.218. The number of benzene rings is 3. The molecule has 2 unspecified atom stereocenters.